The molecule has 1 atom stereocenters. The molecular weight excluding hydrogens is 261 g/mol. The van der Waals surface area contributed by atoms with Gasteiger partial charge in [0.05, 0.1) is 5.70 Å². The SMILES string of the molecule is CSC(C)C1=CC=C(C(Cl)(Cl)Cl)NC1. The summed E-state index contributed by atoms with van der Waals surface area (Å²) in [6, 6.07) is 0. The van der Waals surface area contributed by atoms with Crippen LogP contribution in [-0.4, -0.2) is 21.8 Å². The van der Waals surface area contributed by atoms with Crippen molar-refractivity contribution in [2.24, 2.45) is 0 Å². The van der Waals surface area contributed by atoms with Crippen LogP contribution in [0.2, 0.25) is 0 Å². The molecule has 0 aliphatic carbocycles. The Morgan fingerprint density at radius 2 is 2.07 bits per heavy atom. The van der Waals surface area contributed by atoms with Gasteiger partial charge in [-0.25, -0.2) is 0 Å². The summed E-state index contributed by atoms with van der Waals surface area (Å²) in [6.07, 6.45) is 5.94. The quantitative estimate of drug-likeness (QED) is 0.772. The van der Waals surface area contributed by atoms with Gasteiger partial charge in [0.2, 0.25) is 3.79 Å². The standard InChI is InChI=1S/C9H12Cl3NS/c1-6(14-2)7-3-4-8(13-5-7)9(10,11)12/h3-4,6,13H,5H2,1-2H3. The number of alkyl halides is 3. The number of dihydropyridines is 1. The number of allylic oxidation sites excluding steroid dienone is 3. The fourth-order valence-corrected chi connectivity index (χ4v) is 1.98. The predicted molar refractivity (Wildman–Crippen MR) is 67.4 cm³/mol. The lowest BCUT2D eigenvalue weighted by atomic mass is 10.1. The third kappa shape index (κ3) is 3.27. The molecule has 0 fully saturated rings. The topological polar surface area (TPSA) is 12.0 Å². The molecule has 0 radical (unpaired) electrons. The van der Waals surface area contributed by atoms with Crippen molar-refractivity contribution in [3.05, 3.63) is 23.4 Å². The zero-order chi connectivity index (χ0) is 10.8. The van der Waals surface area contributed by atoms with Gasteiger partial charge in [-0.2, -0.15) is 11.8 Å². The molecule has 1 nitrogen and oxygen atoms in total. The minimum Gasteiger partial charge on any atom is -0.381 e. The number of halogens is 3. The van der Waals surface area contributed by atoms with E-state index in [1.165, 1.54) is 5.57 Å². The van der Waals surface area contributed by atoms with Gasteiger partial charge in [0.1, 0.15) is 0 Å². The highest BCUT2D eigenvalue weighted by Crippen LogP contribution is 2.34. The Hall–Kier alpha value is 0.500. The predicted octanol–water partition coefficient (Wildman–Crippen LogP) is 3.52. The molecule has 1 heterocycles. The maximum atomic E-state index is 5.74. The van der Waals surface area contributed by atoms with Crippen molar-refractivity contribution in [3.63, 3.8) is 0 Å². The summed E-state index contributed by atoms with van der Waals surface area (Å²) in [5, 5.41) is 3.60. The summed E-state index contributed by atoms with van der Waals surface area (Å²) in [6.45, 7) is 2.91. The van der Waals surface area contributed by atoms with E-state index in [1.54, 1.807) is 11.8 Å². The number of nitrogens with one attached hydrogen (secondary N) is 1. The highest BCUT2D eigenvalue weighted by molar-refractivity contribution is 7.99. The molecule has 5 heteroatoms. The highest BCUT2D eigenvalue weighted by Gasteiger charge is 2.27. The van der Waals surface area contributed by atoms with Crippen LogP contribution in [0.3, 0.4) is 0 Å². The Kier molecular flexibility index (Phi) is 4.51. The molecule has 0 aromatic rings. The molecule has 1 unspecified atom stereocenters. The van der Waals surface area contributed by atoms with E-state index in [0.29, 0.717) is 10.9 Å². The first-order valence-electron chi connectivity index (χ1n) is 4.19. The Morgan fingerprint density at radius 3 is 2.43 bits per heavy atom. The van der Waals surface area contributed by atoms with Gasteiger partial charge in [0.15, 0.2) is 0 Å². The monoisotopic (exact) mass is 271 g/mol. The van der Waals surface area contributed by atoms with Crippen molar-refractivity contribution in [3.8, 4) is 0 Å². The summed E-state index contributed by atoms with van der Waals surface area (Å²) >= 11 is 19.0. The number of hydrogen-bond acceptors (Lipinski definition) is 2. The largest absolute Gasteiger partial charge is 0.381 e. The maximum absolute atomic E-state index is 5.74. The Balaban J connectivity index is 2.74. The fourth-order valence-electron chi connectivity index (χ4n) is 1.13. The molecule has 0 aromatic carbocycles. The van der Waals surface area contributed by atoms with E-state index in [4.69, 9.17) is 34.8 Å². The molecule has 14 heavy (non-hydrogen) atoms. The van der Waals surface area contributed by atoms with Crippen LogP contribution in [0.25, 0.3) is 0 Å². The first kappa shape index (κ1) is 12.6. The second-order valence-electron chi connectivity index (χ2n) is 3.05. The van der Waals surface area contributed by atoms with E-state index < -0.39 is 3.79 Å². The van der Waals surface area contributed by atoms with Crippen molar-refractivity contribution in [1.29, 1.82) is 0 Å². The summed E-state index contributed by atoms with van der Waals surface area (Å²) in [5.74, 6) is 0. The van der Waals surface area contributed by atoms with Gasteiger partial charge in [-0.05, 0) is 24.8 Å². The van der Waals surface area contributed by atoms with E-state index >= 15 is 0 Å². The average molecular weight is 273 g/mol. The molecule has 0 saturated heterocycles. The fraction of sp³-hybridized carbons (Fsp3) is 0.556. The molecule has 80 valence electrons. The Morgan fingerprint density at radius 1 is 1.43 bits per heavy atom. The minimum atomic E-state index is -1.34. The zero-order valence-electron chi connectivity index (χ0n) is 7.98. The number of thioether (sulfide) groups is 1. The lowest BCUT2D eigenvalue weighted by molar-refractivity contribution is 0.808. The lowest BCUT2D eigenvalue weighted by Gasteiger charge is -2.24. The third-order valence-electron chi connectivity index (χ3n) is 2.13. The maximum Gasteiger partial charge on any atom is 0.230 e. The molecule has 1 aliphatic rings. The molecule has 1 rings (SSSR count). The van der Waals surface area contributed by atoms with Crippen molar-refractivity contribution >= 4 is 46.6 Å². The second kappa shape index (κ2) is 5.02. The van der Waals surface area contributed by atoms with E-state index in [-0.39, 0.29) is 0 Å². The van der Waals surface area contributed by atoms with Crippen LogP contribution < -0.4 is 5.32 Å². The van der Waals surface area contributed by atoms with E-state index in [2.05, 4.69) is 18.5 Å². The summed E-state index contributed by atoms with van der Waals surface area (Å²) < 4.78 is -1.34. The third-order valence-corrected chi connectivity index (χ3v) is 3.75. The second-order valence-corrected chi connectivity index (χ2v) is 6.51. The van der Waals surface area contributed by atoms with E-state index in [0.717, 1.165) is 6.54 Å². The average Bonchev–Trinajstić information content (AvgIpc) is 2.15. The molecule has 0 spiro atoms. The van der Waals surface area contributed by atoms with Crippen LogP contribution in [0.4, 0.5) is 0 Å². The minimum absolute atomic E-state index is 0.496. The molecular formula is C9H12Cl3NS. The first-order chi connectivity index (χ1) is 6.45. The van der Waals surface area contributed by atoms with E-state index in [9.17, 15) is 0 Å². The van der Waals surface area contributed by atoms with Gasteiger partial charge in [-0.15, -0.1) is 0 Å². The molecule has 0 saturated carbocycles. The van der Waals surface area contributed by atoms with Gasteiger partial charge < -0.3 is 5.32 Å². The van der Waals surface area contributed by atoms with Crippen molar-refractivity contribution in [1.82, 2.24) is 5.32 Å². The Labute approximate surface area is 104 Å². The van der Waals surface area contributed by atoms with Gasteiger partial charge in [0.25, 0.3) is 0 Å². The van der Waals surface area contributed by atoms with Gasteiger partial charge >= 0.3 is 0 Å². The molecule has 1 N–H and O–H groups in total. The van der Waals surface area contributed by atoms with Crippen LogP contribution in [0, 0.1) is 0 Å². The van der Waals surface area contributed by atoms with Crippen LogP contribution in [0.1, 0.15) is 6.92 Å². The Bertz CT molecular complexity index is 268. The molecule has 0 amide bonds. The van der Waals surface area contributed by atoms with Crippen molar-refractivity contribution < 1.29 is 0 Å². The first-order valence-corrected chi connectivity index (χ1v) is 6.62. The zero-order valence-corrected chi connectivity index (χ0v) is 11.1. The summed E-state index contributed by atoms with van der Waals surface area (Å²) in [4.78, 5) is 0. The number of hydrogen-bond donors (Lipinski definition) is 1. The van der Waals surface area contributed by atoms with Gasteiger partial charge in [-0.1, -0.05) is 40.9 Å². The lowest BCUT2D eigenvalue weighted by Crippen LogP contribution is -2.29. The van der Waals surface area contributed by atoms with Crippen molar-refractivity contribution in [2.75, 3.05) is 12.8 Å². The summed E-state index contributed by atoms with van der Waals surface area (Å²) in [7, 11) is 0. The summed E-state index contributed by atoms with van der Waals surface area (Å²) in [5.41, 5.74) is 1.95. The van der Waals surface area contributed by atoms with Crippen LogP contribution in [0.5, 0.6) is 0 Å². The molecule has 0 bridgehead atoms. The van der Waals surface area contributed by atoms with E-state index in [1.807, 2.05) is 12.2 Å². The molecule has 0 aromatic heterocycles. The number of rotatable bonds is 2. The van der Waals surface area contributed by atoms with Gasteiger partial charge in [0, 0.05) is 11.8 Å². The smallest absolute Gasteiger partial charge is 0.230 e. The normalized spacial score (nSPS) is 19.5. The molecule has 1 aliphatic heterocycles. The van der Waals surface area contributed by atoms with Gasteiger partial charge in [-0.3, -0.25) is 0 Å². The van der Waals surface area contributed by atoms with Crippen LogP contribution in [0.15, 0.2) is 23.4 Å². The highest BCUT2D eigenvalue weighted by atomic mass is 35.6. The van der Waals surface area contributed by atoms with Crippen LogP contribution >= 0.6 is 46.6 Å². The van der Waals surface area contributed by atoms with Crippen LogP contribution in [-0.2, 0) is 0 Å². The van der Waals surface area contributed by atoms with Crippen molar-refractivity contribution in [2.45, 2.75) is 16.0 Å².